The largest absolute Gasteiger partial charge is 0.491 e. The van der Waals surface area contributed by atoms with Gasteiger partial charge < -0.3 is 19.5 Å². The van der Waals surface area contributed by atoms with Crippen molar-refractivity contribution in [2.24, 2.45) is 0 Å². The smallest absolute Gasteiger partial charge is 0.244 e. The van der Waals surface area contributed by atoms with Crippen LogP contribution in [-0.2, 0) is 22.7 Å². The Kier molecular flexibility index (Phi) is 7.35. The van der Waals surface area contributed by atoms with E-state index in [9.17, 15) is 14.4 Å². The van der Waals surface area contributed by atoms with Crippen LogP contribution >= 0.6 is 11.6 Å². The van der Waals surface area contributed by atoms with Crippen molar-refractivity contribution < 1.29 is 14.3 Å². The second kappa shape index (κ2) is 9.98. The fourth-order valence-corrected chi connectivity index (χ4v) is 3.69. The number of halogens is 1. The van der Waals surface area contributed by atoms with Crippen molar-refractivity contribution in [1.82, 2.24) is 14.4 Å². The maximum Gasteiger partial charge on any atom is 0.244 e. The molecule has 1 N–H and O–H groups in total. The van der Waals surface area contributed by atoms with Gasteiger partial charge in [-0.1, -0.05) is 17.7 Å². The van der Waals surface area contributed by atoms with Gasteiger partial charge in [-0.2, -0.15) is 0 Å². The lowest BCUT2D eigenvalue weighted by molar-refractivity contribution is -0.130. The number of nitrogens with one attached hydrogen (secondary N) is 1. The summed E-state index contributed by atoms with van der Waals surface area (Å²) >= 11 is 6.14. The zero-order valence-electron chi connectivity index (χ0n) is 18.0. The number of hydrogen-bond acceptors (Lipinski definition) is 5. The topological polar surface area (TPSA) is 83.9 Å². The Labute approximate surface area is 186 Å². The summed E-state index contributed by atoms with van der Waals surface area (Å²) in [6.45, 7) is 6.66. The van der Waals surface area contributed by atoms with E-state index in [1.54, 1.807) is 34.7 Å². The average Bonchev–Trinajstić information content (AvgIpc) is 2.73. The molecule has 31 heavy (non-hydrogen) atoms. The molecule has 8 nitrogen and oxygen atoms in total. The molecule has 2 aromatic rings. The van der Waals surface area contributed by atoms with Crippen LogP contribution < -0.4 is 15.5 Å². The monoisotopic (exact) mass is 446 g/mol. The second-order valence-electron chi connectivity index (χ2n) is 7.62. The Morgan fingerprint density at radius 3 is 2.48 bits per heavy atom. The molecule has 0 unspecified atom stereocenters. The third-order valence-corrected chi connectivity index (χ3v) is 5.78. The van der Waals surface area contributed by atoms with Crippen LogP contribution in [0.2, 0.25) is 5.02 Å². The fourth-order valence-electron chi connectivity index (χ4n) is 3.51. The molecule has 1 aliphatic heterocycles. The van der Waals surface area contributed by atoms with Crippen LogP contribution in [0.4, 0.5) is 5.69 Å². The minimum absolute atomic E-state index is 0.0187. The van der Waals surface area contributed by atoms with E-state index >= 15 is 0 Å². The lowest BCUT2D eigenvalue weighted by Crippen LogP contribution is -2.47. The van der Waals surface area contributed by atoms with E-state index in [0.717, 1.165) is 5.56 Å². The molecule has 0 bridgehead atoms. The number of nitrogens with zero attached hydrogens (tertiary/aromatic N) is 3. The Morgan fingerprint density at radius 2 is 1.87 bits per heavy atom. The molecule has 3 rings (SSSR count). The van der Waals surface area contributed by atoms with Gasteiger partial charge in [0.15, 0.2) is 5.75 Å². The summed E-state index contributed by atoms with van der Waals surface area (Å²) in [5.74, 6) is -0.00140. The number of piperazine rings is 1. The minimum atomic E-state index is -0.242. The van der Waals surface area contributed by atoms with Crippen LogP contribution in [0.3, 0.4) is 0 Å². The summed E-state index contributed by atoms with van der Waals surface area (Å²) in [7, 11) is 1.43. The highest BCUT2D eigenvalue weighted by atomic mass is 35.5. The summed E-state index contributed by atoms with van der Waals surface area (Å²) < 4.78 is 6.88. The maximum absolute atomic E-state index is 12.7. The Balaban J connectivity index is 1.75. The van der Waals surface area contributed by atoms with Gasteiger partial charge in [-0.3, -0.25) is 19.3 Å². The van der Waals surface area contributed by atoms with Crippen molar-refractivity contribution in [2.45, 2.75) is 26.9 Å². The van der Waals surface area contributed by atoms with Gasteiger partial charge in [0.1, 0.15) is 6.54 Å². The molecule has 0 spiro atoms. The highest BCUT2D eigenvalue weighted by molar-refractivity contribution is 6.31. The van der Waals surface area contributed by atoms with Crippen molar-refractivity contribution in [3.8, 4) is 5.75 Å². The molecule has 0 atom stereocenters. The Hall–Kier alpha value is -2.84. The van der Waals surface area contributed by atoms with Gasteiger partial charge >= 0.3 is 0 Å². The van der Waals surface area contributed by atoms with Gasteiger partial charge in [0.25, 0.3) is 0 Å². The molecule has 1 aromatic carbocycles. The highest BCUT2D eigenvalue weighted by Crippen LogP contribution is 2.20. The third kappa shape index (κ3) is 5.86. The van der Waals surface area contributed by atoms with Gasteiger partial charge in [-0.15, -0.1) is 0 Å². The van der Waals surface area contributed by atoms with Gasteiger partial charge in [0, 0.05) is 62.1 Å². The quantitative estimate of drug-likeness (QED) is 0.734. The van der Waals surface area contributed by atoms with Crippen molar-refractivity contribution in [2.75, 3.05) is 38.6 Å². The molecule has 1 aromatic heterocycles. The number of benzene rings is 1. The third-order valence-electron chi connectivity index (χ3n) is 5.38. The number of methoxy groups -OCH3 is 1. The van der Waals surface area contributed by atoms with Crippen molar-refractivity contribution in [1.29, 1.82) is 0 Å². The molecule has 0 radical (unpaired) electrons. The van der Waals surface area contributed by atoms with E-state index in [0.29, 0.717) is 49.1 Å². The van der Waals surface area contributed by atoms with Crippen molar-refractivity contribution >= 4 is 29.1 Å². The Morgan fingerprint density at radius 1 is 1.16 bits per heavy atom. The number of aryl methyl sites for hydroxylation is 1. The first kappa shape index (κ1) is 22.8. The number of anilines is 1. The summed E-state index contributed by atoms with van der Waals surface area (Å²) in [4.78, 5) is 40.5. The molecule has 166 valence electrons. The van der Waals surface area contributed by atoms with Crippen LogP contribution in [0.5, 0.6) is 5.75 Å². The van der Waals surface area contributed by atoms with Gasteiger partial charge in [-0.05, 0) is 24.6 Å². The molecule has 1 fully saturated rings. The molecule has 1 aliphatic rings. The number of pyridine rings is 1. The number of aromatic nitrogens is 1. The summed E-state index contributed by atoms with van der Waals surface area (Å²) in [5, 5.41) is 3.42. The molecule has 0 aliphatic carbocycles. The van der Waals surface area contributed by atoms with Gasteiger partial charge in [0.05, 0.1) is 13.3 Å². The first-order chi connectivity index (χ1) is 14.8. The molecule has 9 heteroatoms. The predicted octanol–water partition coefficient (Wildman–Crippen LogP) is 2.12. The number of amides is 2. The summed E-state index contributed by atoms with van der Waals surface area (Å²) in [5.41, 5.74) is 2.01. The molecule has 1 saturated heterocycles. The molecule has 0 saturated carbocycles. The first-order valence-electron chi connectivity index (χ1n) is 10.1. The van der Waals surface area contributed by atoms with E-state index in [1.807, 2.05) is 13.0 Å². The normalized spacial score (nSPS) is 14.4. The lowest BCUT2D eigenvalue weighted by atomic mass is 10.2. The maximum atomic E-state index is 12.7. The number of carbonyl (C=O) groups is 2. The van der Waals surface area contributed by atoms with E-state index < -0.39 is 0 Å². The van der Waals surface area contributed by atoms with Crippen LogP contribution in [0.25, 0.3) is 0 Å². The van der Waals surface area contributed by atoms with Crippen LogP contribution in [0.15, 0.2) is 35.3 Å². The standard InChI is InChI=1S/C22H27ClN4O4/c1-15-4-5-17(10-19(15)23)24-22(30)14-27-13-21(31-3)20(29)11-18(27)12-25-6-8-26(9-7-25)16(2)28/h4-5,10-11,13H,6-9,12,14H2,1-3H3,(H,24,30). The number of carbonyl (C=O) groups excluding carboxylic acids is 2. The molecule has 2 amide bonds. The lowest BCUT2D eigenvalue weighted by Gasteiger charge is -2.34. The second-order valence-corrected chi connectivity index (χ2v) is 8.03. The minimum Gasteiger partial charge on any atom is -0.491 e. The van der Waals surface area contributed by atoms with Crippen molar-refractivity contribution in [3.63, 3.8) is 0 Å². The van der Waals surface area contributed by atoms with E-state index in [4.69, 9.17) is 16.3 Å². The summed E-state index contributed by atoms with van der Waals surface area (Å²) in [6.07, 6.45) is 1.56. The fraction of sp³-hybridized carbons (Fsp3) is 0.409. The Bertz CT molecular complexity index is 1030. The van der Waals surface area contributed by atoms with Gasteiger partial charge in [-0.25, -0.2) is 0 Å². The molecular weight excluding hydrogens is 420 g/mol. The number of rotatable bonds is 6. The first-order valence-corrected chi connectivity index (χ1v) is 10.5. The molecule has 2 heterocycles. The number of ether oxygens (including phenoxy) is 1. The van der Waals surface area contributed by atoms with E-state index in [2.05, 4.69) is 10.2 Å². The van der Waals surface area contributed by atoms with Crippen LogP contribution in [0, 0.1) is 6.92 Å². The predicted molar refractivity (Wildman–Crippen MR) is 120 cm³/mol. The highest BCUT2D eigenvalue weighted by Gasteiger charge is 2.20. The van der Waals surface area contributed by atoms with Crippen LogP contribution in [0.1, 0.15) is 18.2 Å². The van der Waals surface area contributed by atoms with E-state index in [1.165, 1.54) is 13.2 Å². The van der Waals surface area contributed by atoms with Crippen molar-refractivity contribution in [3.05, 3.63) is 57.0 Å². The van der Waals surface area contributed by atoms with Crippen LogP contribution in [-0.4, -0.2) is 59.5 Å². The van der Waals surface area contributed by atoms with Gasteiger partial charge in [0.2, 0.25) is 17.2 Å². The number of hydrogen-bond donors (Lipinski definition) is 1. The SMILES string of the molecule is COc1cn(CC(=O)Nc2ccc(C)c(Cl)c2)c(CN2CCN(C(C)=O)CC2)cc1=O. The molecular formula is C22H27ClN4O4. The average molecular weight is 447 g/mol. The zero-order valence-corrected chi connectivity index (χ0v) is 18.7. The van der Waals surface area contributed by atoms with E-state index in [-0.39, 0.29) is 29.5 Å². The zero-order chi connectivity index (χ0) is 22.5. The summed E-state index contributed by atoms with van der Waals surface area (Å²) in [6, 6.07) is 6.84.